The lowest BCUT2D eigenvalue weighted by Gasteiger charge is -2.33. The zero-order valence-corrected chi connectivity index (χ0v) is 16.1. The minimum atomic E-state index is -3.18. The predicted octanol–water partition coefficient (Wildman–Crippen LogP) is 2.32. The molecule has 0 aliphatic carbocycles. The molecule has 1 rings (SSSR count). The topological polar surface area (TPSA) is 64.0 Å². The highest BCUT2D eigenvalue weighted by molar-refractivity contribution is 9.10. The normalized spacial score (nSPS) is 14.4. The molecular formula is C14H26BrN3O2S. The van der Waals surface area contributed by atoms with E-state index in [2.05, 4.69) is 26.3 Å². The number of nitrogens with one attached hydrogen (secondary N) is 1. The molecule has 1 heterocycles. The van der Waals surface area contributed by atoms with Gasteiger partial charge in [0.2, 0.25) is 0 Å². The molecule has 7 heteroatoms. The van der Waals surface area contributed by atoms with E-state index in [0.717, 1.165) is 29.0 Å². The molecule has 0 radical (unpaired) electrons. The van der Waals surface area contributed by atoms with Gasteiger partial charge in [0, 0.05) is 25.3 Å². The van der Waals surface area contributed by atoms with E-state index in [0.29, 0.717) is 6.42 Å². The smallest absolute Gasteiger partial charge is 0.154 e. The molecule has 0 saturated carbocycles. The molecule has 1 aromatic heterocycles. The monoisotopic (exact) mass is 379 g/mol. The highest BCUT2D eigenvalue weighted by Crippen LogP contribution is 2.28. The van der Waals surface area contributed by atoms with Crippen LogP contribution in [0.25, 0.3) is 0 Å². The number of likely N-dealkylation sites (N-methyl/N-ethyl adjacent to an activating group) is 1. The average molecular weight is 380 g/mol. The van der Waals surface area contributed by atoms with Crippen molar-refractivity contribution in [2.45, 2.75) is 58.4 Å². The van der Waals surface area contributed by atoms with Crippen LogP contribution in [0.2, 0.25) is 0 Å². The first-order valence-corrected chi connectivity index (χ1v) is 9.89. The summed E-state index contributed by atoms with van der Waals surface area (Å²) < 4.78 is 26.3. The third kappa shape index (κ3) is 3.87. The van der Waals surface area contributed by atoms with Crippen LogP contribution in [0.15, 0.2) is 4.47 Å². The lowest BCUT2D eigenvalue weighted by molar-refractivity contribution is 0.403. The fourth-order valence-electron chi connectivity index (χ4n) is 2.33. The van der Waals surface area contributed by atoms with Crippen molar-refractivity contribution < 1.29 is 8.42 Å². The molecule has 1 atom stereocenters. The Hall–Kier alpha value is -0.400. The van der Waals surface area contributed by atoms with E-state index in [1.165, 1.54) is 6.26 Å². The van der Waals surface area contributed by atoms with Gasteiger partial charge in [-0.1, -0.05) is 6.92 Å². The molecule has 1 N–H and O–H groups in total. The van der Waals surface area contributed by atoms with Gasteiger partial charge in [-0.3, -0.25) is 4.68 Å². The summed E-state index contributed by atoms with van der Waals surface area (Å²) in [6, 6.07) is -0.171. The van der Waals surface area contributed by atoms with Gasteiger partial charge in [-0.05, 0) is 50.2 Å². The van der Waals surface area contributed by atoms with Gasteiger partial charge >= 0.3 is 0 Å². The zero-order chi connectivity index (χ0) is 16.4. The first-order chi connectivity index (χ1) is 9.56. The maximum Gasteiger partial charge on any atom is 0.154 e. The predicted molar refractivity (Wildman–Crippen MR) is 90.4 cm³/mol. The lowest BCUT2D eigenvalue weighted by Crippen LogP contribution is -2.52. The number of nitrogens with zero attached hydrogens (tertiary/aromatic N) is 2. The van der Waals surface area contributed by atoms with E-state index in [1.807, 2.05) is 25.5 Å². The molecule has 0 aromatic carbocycles. The summed E-state index contributed by atoms with van der Waals surface area (Å²) in [7, 11) is -3.18. The number of hydrogen-bond donors (Lipinski definition) is 1. The first kappa shape index (κ1) is 18.6. The Morgan fingerprint density at radius 3 is 2.38 bits per heavy atom. The molecule has 0 amide bonds. The van der Waals surface area contributed by atoms with Crippen molar-refractivity contribution in [3.63, 3.8) is 0 Å². The highest BCUT2D eigenvalue weighted by atomic mass is 79.9. The van der Waals surface area contributed by atoms with E-state index < -0.39 is 14.6 Å². The molecule has 1 unspecified atom stereocenters. The molecule has 0 bridgehead atoms. The van der Waals surface area contributed by atoms with Crippen LogP contribution in [0.5, 0.6) is 0 Å². The second-order valence-corrected chi connectivity index (χ2v) is 9.24. The average Bonchev–Trinajstić information content (AvgIpc) is 2.64. The van der Waals surface area contributed by atoms with E-state index in [9.17, 15) is 8.42 Å². The Morgan fingerprint density at radius 1 is 1.38 bits per heavy atom. The van der Waals surface area contributed by atoms with Crippen LogP contribution < -0.4 is 5.32 Å². The van der Waals surface area contributed by atoms with Crippen molar-refractivity contribution in [3.05, 3.63) is 15.9 Å². The molecule has 122 valence electrons. The van der Waals surface area contributed by atoms with Crippen molar-refractivity contribution >= 4 is 25.8 Å². The van der Waals surface area contributed by atoms with Crippen molar-refractivity contribution in [3.8, 4) is 0 Å². The third-order valence-electron chi connectivity index (χ3n) is 4.10. The molecule has 0 saturated heterocycles. The summed E-state index contributed by atoms with van der Waals surface area (Å²) in [5.41, 5.74) is 1.97. The summed E-state index contributed by atoms with van der Waals surface area (Å²) in [6.07, 6.45) is 1.91. The minimum Gasteiger partial charge on any atom is -0.312 e. The van der Waals surface area contributed by atoms with Gasteiger partial charge in [0.25, 0.3) is 0 Å². The molecular weight excluding hydrogens is 354 g/mol. The molecule has 0 spiro atoms. The van der Waals surface area contributed by atoms with Crippen molar-refractivity contribution in [1.29, 1.82) is 0 Å². The van der Waals surface area contributed by atoms with Gasteiger partial charge in [0.05, 0.1) is 20.6 Å². The second kappa shape index (κ2) is 6.79. The number of sulfone groups is 1. The molecule has 0 aliphatic rings. The van der Waals surface area contributed by atoms with Crippen LogP contribution in [0, 0.1) is 6.92 Å². The first-order valence-electron chi connectivity index (χ1n) is 7.21. The molecule has 0 fully saturated rings. The summed E-state index contributed by atoms with van der Waals surface area (Å²) in [5.74, 6) is 0. The maximum absolute atomic E-state index is 12.1. The van der Waals surface area contributed by atoms with Crippen LogP contribution in [0.4, 0.5) is 0 Å². The summed E-state index contributed by atoms with van der Waals surface area (Å²) in [6.45, 7) is 11.0. The number of rotatable bonds is 7. The minimum absolute atomic E-state index is 0.171. The van der Waals surface area contributed by atoms with Gasteiger partial charge in [-0.2, -0.15) is 5.10 Å². The SMILES string of the molecule is CCNC(Cc1c(Br)c(C)nn1CC)C(C)(C)S(C)(=O)=O. The van der Waals surface area contributed by atoms with Crippen LogP contribution in [0.1, 0.15) is 39.1 Å². The fraction of sp³-hybridized carbons (Fsp3) is 0.786. The number of aryl methyl sites for hydroxylation is 2. The quantitative estimate of drug-likeness (QED) is 0.789. The van der Waals surface area contributed by atoms with Crippen molar-refractivity contribution in [2.75, 3.05) is 12.8 Å². The van der Waals surface area contributed by atoms with E-state index >= 15 is 0 Å². The fourth-order valence-corrected chi connectivity index (χ4v) is 3.46. The van der Waals surface area contributed by atoms with E-state index in [1.54, 1.807) is 13.8 Å². The summed E-state index contributed by atoms with van der Waals surface area (Å²) in [5, 5.41) is 7.80. The highest BCUT2D eigenvalue weighted by Gasteiger charge is 2.39. The molecule has 21 heavy (non-hydrogen) atoms. The molecule has 5 nitrogen and oxygen atoms in total. The van der Waals surface area contributed by atoms with Crippen molar-refractivity contribution in [1.82, 2.24) is 15.1 Å². The molecule has 1 aromatic rings. The van der Waals surface area contributed by atoms with Crippen LogP contribution in [-0.2, 0) is 22.8 Å². The van der Waals surface area contributed by atoms with Gasteiger partial charge in [-0.15, -0.1) is 0 Å². The largest absolute Gasteiger partial charge is 0.312 e. The lowest BCUT2D eigenvalue weighted by atomic mass is 9.98. The van der Waals surface area contributed by atoms with Gasteiger partial charge in [-0.25, -0.2) is 8.42 Å². The maximum atomic E-state index is 12.1. The summed E-state index contributed by atoms with van der Waals surface area (Å²) in [4.78, 5) is 0. The number of halogens is 1. The van der Waals surface area contributed by atoms with Crippen LogP contribution in [-0.4, -0.2) is 41.8 Å². The third-order valence-corrected chi connectivity index (χ3v) is 7.32. The van der Waals surface area contributed by atoms with Crippen LogP contribution in [0.3, 0.4) is 0 Å². The summed E-state index contributed by atoms with van der Waals surface area (Å²) >= 11 is 3.58. The van der Waals surface area contributed by atoms with Gasteiger partial charge in [0.1, 0.15) is 0 Å². The standard InChI is InChI=1S/C14H26BrN3O2S/c1-7-16-12(14(4,5)21(6,19)20)9-11-13(15)10(3)17-18(11)8-2/h12,16H,7-9H2,1-6H3. The second-order valence-electron chi connectivity index (χ2n) is 5.85. The zero-order valence-electron chi connectivity index (χ0n) is 13.7. The Labute approximate surface area is 136 Å². The van der Waals surface area contributed by atoms with Gasteiger partial charge < -0.3 is 5.32 Å². The van der Waals surface area contributed by atoms with Gasteiger partial charge in [0.15, 0.2) is 9.84 Å². The Balaban J connectivity index is 3.22. The molecule has 0 aliphatic heterocycles. The van der Waals surface area contributed by atoms with Crippen molar-refractivity contribution in [2.24, 2.45) is 0 Å². The Bertz CT molecular complexity index is 594. The van der Waals surface area contributed by atoms with Crippen LogP contribution >= 0.6 is 15.9 Å². The van der Waals surface area contributed by atoms with E-state index in [4.69, 9.17) is 0 Å². The number of hydrogen-bond acceptors (Lipinski definition) is 4. The van der Waals surface area contributed by atoms with E-state index in [-0.39, 0.29) is 6.04 Å². The Kier molecular flexibility index (Phi) is 6.03. The number of aromatic nitrogens is 2. The Morgan fingerprint density at radius 2 is 1.95 bits per heavy atom.